The number of anilines is 2. The SMILES string of the molecule is CCOC(=O)C1CCN(C(=O)c2cnc(-c3ccccc3)nc2Nc2ccc(C)cc2)CC1. The maximum absolute atomic E-state index is 13.4. The number of piperidine rings is 1. The fourth-order valence-electron chi connectivity index (χ4n) is 3.88. The number of hydrogen-bond donors (Lipinski definition) is 1. The van der Waals surface area contributed by atoms with Crippen LogP contribution in [-0.2, 0) is 9.53 Å². The number of carbonyl (C=O) groups is 2. The topological polar surface area (TPSA) is 84.4 Å². The molecule has 1 N–H and O–H groups in total. The van der Waals surface area contributed by atoms with Gasteiger partial charge in [-0.1, -0.05) is 48.0 Å². The van der Waals surface area contributed by atoms with Crippen LogP contribution in [0.1, 0.15) is 35.7 Å². The summed E-state index contributed by atoms with van der Waals surface area (Å²) in [6.45, 7) is 5.19. The molecule has 1 aliphatic heterocycles. The minimum atomic E-state index is -0.179. The van der Waals surface area contributed by atoms with Gasteiger partial charge in [-0.25, -0.2) is 9.97 Å². The fraction of sp³-hybridized carbons (Fsp3) is 0.308. The average molecular weight is 445 g/mol. The second-order valence-electron chi connectivity index (χ2n) is 8.13. The number of nitrogens with one attached hydrogen (secondary N) is 1. The molecule has 7 heteroatoms. The Balaban J connectivity index is 1.59. The van der Waals surface area contributed by atoms with Crippen LogP contribution >= 0.6 is 0 Å². The molecule has 0 radical (unpaired) electrons. The average Bonchev–Trinajstić information content (AvgIpc) is 2.86. The highest BCUT2D eigenvalue weighted by atomic mass is 16.5. The van der Waals surface area contributed by atoms with E-state index in [-0.39, 0.29) is 17.8 Å². The van der Waals surface area contributed by atoms with Crippen molar-refractivity contribution in [2.75, 3.05) is 25.0 Å². The molecular formula is C26H28N4O3. The maximum Gasteiger partial charge on any atom is 0.309 e. The monoisotopic (exact) mass is 444 g/mol. The highest BCUT2D eigenvalue weighted by molar-refractivity contribution is 5.99. The number of esters is 1. The largest absolute Gasteiger partial charge is 0.466 e. The van der Waals surface area contributed by atoms with E-state index in [2.05, 4.69) is 10.3 Å². The van der Waals surface area contributed by atoms with Gasteiger partial charge in [-0.15, -0.1) is 0 Å². The molecule has 2 aromatic carbocycles. The van der Waals surface area contributed by atoms with Crippen molar-refractivity contribution < 1.29 is 14.3 Å². The number of ether oxygens (including phenoxy) is 1. The van der Waals surface area contributed by atoms with Crippen LogP contribution in [0.3, 0.4) is 0 Å². The van der Waals surface area contributed by atoms with Crippen LogP contribution in [0.2, 0.25) is 0 Å². The van der Waals surface area contributed by atoms with Crippen LogP contribution in [0.15, 0.2) is 60.8 Å². The molecule has 1 saturated heterocycles. The number of rotatable bonds is 6. The summed E-state index contributed by atoms with van der Waals surface area (Å²) in [7, 11) is 0. The second kappa shape index (κ2) is 10.3. The lowest BCUT2D eigenvalue weighted by Gasteiger charge is -2.31. The van der Waals surface area contributed by atoms with Crippen molar-refractivity contribution in [3.63, 3.8) is 0 Å². The minimum absolute atomic E-state index is 0.147. The van der Waals surface area contributed by atoms with Gasteiger partial charge in [-0.3, -0.25) is 9.59 Å². The van der Waals surface area contributed by atoms with Gasteiger partial charge in [0.05, 0.1) is 12.5 Å². The van der Waals surface area contributed by atoms with E-state index in [0.29, 0.717) is 49.7 Å². The van der Waals surface area contributed by atoms with Crippen LogP contribution in [0.25, 0.3) is 11.4 Å². The molecule has 0 unspecified atom stereocenters. The Hall–Kier alpha value is -3.74. The van der Waals surface area contributed by atoms with E-state index in [1.54, 1.807) is 18.0 Å². The highest BCUT2D eigenvalue weighted by Gasteiger charge is 2.30. The molecule has 1 aliphatic rings. The van der Waals surface area contributed by atoms with Gasteiger partial charge in [0.15, 0.2) is 5.82 Å². The van der Waals surface area contributed by atoms with Crippen LogP contribution in [0, 0.1) is 12.8 Å². The van der Waals surface area contributed by atoms with E-state index in [0.717, 1.165) is 16.8 Å². The third kappa shape index (κ3) is 5.37. The quantitative estimate of drug-likeness (QED) is 0.559. The van der Waals surface area contributed by atoms with Crippen molar-refractivity contribution >= 4 is 23.4 Å². The number of hydrogen-bond acceptors (Lipinski definition) is 6. The Morgan fingerprint density at radius 2 is 1.76 bits per heavy atom. The molecule has 7 nitrogen and oxygen atoms in total. The first-order chi connectivity index (χ1) is 16.0. The number of benzene rings is 2. The zero-order valence-electron chi connectivity index (χ0n) is 19.0. The maximum atomic E-state index is 13.4. The number of nitrogens with zero attached hydrogens (tertiary/aromatic N) is 3. The van der Waals surface area contributed by atoms with Crippen LogP contribution < -0.4 is 5.32 Å². The number of aromatic nitrogens is 2. The Bertz CT molecular complexity index is 1110. The summed E-state index contributed by atoms with van der Waals surface area (Å²) in [6.07, 6.45) is 2.77. The van der Waals surface area contributed by atoms with E-state index in [9.17, 15) is 9.59 Å². The van der Waals surface area contributed by atoms with Gasteiger partial charge in [-0.05, 0) is 38.8 Å². The summed E-state index contributed by atoms with van der Waals surface area (Å²) in [4.78, 5) is 36.4. The summed E-state index contributed by atoms with van der Waals surface area (Å²) in [5.41, 5.74) is 3.27. The van der Waals surface area contributed by atoms with Crippen molar-refractivity contribution in [3.8, 4) is 11.4 Å². The minimum Gasteiger partial charge on any atom is -0.466 e. The Kier molecular flexibility index (Phi) is 6.98. The lowest BCUT2D eigenvalue weighted by atomic mass is 9.96. The summed E-state index contributed by atoms with van der Waals surface area (Å²) < 4.78 is 5.14. The van der Waals surface area contributed by atoms with Gasteiger partial charge >= 0.3 is 5.97 Å². The lowest BCUT2D eigenvalue weighted by molar-refractivity contribution is -0.149. The van der Waals surface area contributed by atoms with Crippen molar-refractivity contribution in [3.05, 3.63) is 71.9 Å². The van der Waals surface area contributed by atoms with Crippen molar-refractivity contribution in [2.45, 2.75) is 26.7 Å². The summed E-state index contributed by atoms with van der Waals surface area (Å²) in [5.74, 6) is 0.525. The lowest BCUT2D eigenvalue weighted by Crippen LogP contribution is -2.41. The third-order valence-electron chi connectivity index (χ3n) is 5.77. The van der Waals surface area contributed by atoms with Crippen LogP contribution in [0.4, 0.5) is 11.5 Å². The van der Waals surface area contributed by atoms with E-state index in [4.69, 9.17) is 9.72 Å². The molecule has 33 heavy (non-hydrogen) atoms. The molecule has 1 amide bonds. The number of aryl methyl sites for hydroxylation is 1. The predicted molar refractivity (Wildman–Crippen MR) is 127 cm³/mol. The number of amides is 1. The molecule has 0 aliphatic carbocycles. The summed E-state index contributed by atoms with van der Waals surface area (Å²) in [5, 5.41) is 3.30. The molecule has 0 saturated carbocycles. The normalized spacial score (nSPS) is 14.1. The van der Waals surface area contributed by atoms with E-state index >= 15 is 0 Å². The van der Waals surface area contributed by atoms with Gasteiger partial charge in [-0.2, -0.15) is 0 Å². The van der Waals surface area contributed by atoms with Gasteiger partial charge in [0.2, 0.25) is 0 Å². The predicted octanol–water partition coefficient (Wildman–Crippen LogP) is 4.61. The van der Waals surface area contributed by atoms with Crippen molar-refractivity contribution in [1.82, 2.24) is 14.9 Å². The molecule has 1 fully saturated rings. The van der Waals surface area contributed by atoms with Gasteiger partial charge in [0.1, 0.15) is 11.4 Å². The third-order valence-corrected chi connectivity index (χ3v) is 5.77. The number of likely N-dealkylation sites (tertiary alicyclic amines) is 1. The van der Waals surface area contributed by atoms with Gasteiger partial charge in [0.25, 0.3) is 5.91 Å². The molecule has 0 spiro atoms. The van der Waals surface area contributed by atoms with Crippen molar-refractivity contribution in [2.24, 2.45) is 5.92 Å². The van der Waals surface area contributed by atoms with Gasteiger partial charge < -0.3 is 15.0 Å². The standard InChI is InChI=1S/C26H28N4O3/c1-3-33-26(32)20-13-15-30(16-14-20)25(31)22-17-27-23(19-7-5-4-6-8-19)29-24(22)28-21-11-9-18(2)10-12-21/h4-12,17,20H,3,13-16H2,1-2H3,(H,27,28,29). The first-order valence-electron chi connectivity index (χ1n) is 11.3. The van der Waals surface area contributed by atoms with E-state index in [1.165, 1.54) is 0 Å². The fourth-order valence-corrected chi connectivity index (χ4v) is 3.88. The van der Waals surface area contributed by atoms with E-state index in [1.807, 2.05) is 61.5 Å². The highest BCUT2D eigenvalue weighted by Crippen LogP contribution is 2.26. The second-order valence-corrected chi connectivity index (χ2v) is 8.13. The smallest absolute Gasteiger partial charge is 0.309 e. The number of carbonyl (C=O) groups excluding carboxylic acids is 2. The Labute approximate surface area is 193 Å². The Morgan fingerprint density at radius 1 is 1.06 bits per heavy atom. The van der Waals surface area contributed by atoms with Crippen LogP contribution in [-0.4, -0.2) is 46.4 Å². The van der Waals surface area contributed by atoms with Crippen LogP contribution in [0.5, 0.6) is 0 Å². The van der Waals surface area contributed by atoms with E-state index < -0.39 is 0 Å². The molecule has 170 valence electrons. The summed E-state index contributed by atoms with van der Waals surface area (Å²) >= 11 is 0. The molecule has 3 aromatic rings. The zero-order valence-corrected chi connectivity index (χ0v) is 19.0. The van der Waals surface area contributed by atoms with Crippen molar-refractivity contribution in [1.29, 1.82) is 0 Å². The summed E-state index contributed by atoms with van der Waals surface area (Å²) in [6, 6.07) is 17.6. The van der Waals surface area contributed by atoms with Gasteiger partial charge in [0, 0.05) is 30.5 Å². The molecule has 4 rings (SSSR count). The zero-order chi connectivity index (χ0) is 23.2. The molecule has 2 heterocycles. The first-order valence-corrected chi connectivity index (χ1v) is 11.3. The molecule has 0 bridgehead atoms. The molecular weight excluding hydrogens is 416 g/mol. The Morgan fingerprint density at radius 3 is 2.42 bits per heavy atom. The molecule has 1 aromatic heterocycles. The first kappa shape index (κ1) is 22.5. The molecule has 0 atom stereocenters.